The number of nitrogens with zero attached hydrogens (tertiary/aromatic N) is 4. The largest absolute Gasteiger partial charge is 0.480 e. The third-order valence-electron chi connectivity index (χ3n) is 5.30. The van der Waals surface area contributed by atoms with Crippen LogP contribution in [-0.4, -0.2) is 162 Å². The molecule has 1 aliphatic rings. The van der Waals surface area contributed by atoms with Crippen LogP contribution in [0, 0.1) is 0 Å². The Labute approximate surface area is 211 Å². The average molecular weight is 577 g/mol. The van der Waals surface area contributed by atoms with Crippen LogP contribution in [0.4, 0.5) is 0 Å². The topological polar surface area (TPSA) is 269 Å². The normalized spacial score (nSPS) is 18.6. The molecule has 1 heterocycles. The van der Waals surface area contributed by atoms with Crippen molar-refractivity contribution in [3.8, 4) is 0 Å². The van der Waals surface area contributed by atoms with Crippen molar-refractivity contribution in [3.63, 3.8) is 0 Å². The van der Waals surface area contributed by atoms with Crippen LogP contribution < -0.4 is 5.32 Å². The smallest absolute Gasteiger partial charge is 0.360 e. The summed E-state index contributed by atoms with van der Waals surface area (Å²) in [5.41, 5.74) is -2.74. The molecule has 20 heteroatoms. The molecule has 0 aromatic heterocycles. The number of nitrogens with one attached hydrogen (secondary N) is 1. The summed E-state index contributed by atoms with van der Waals surface area (Å²) in [5.74, 6) is -4.53. The maximum absolute atomic E-state index is 12.4. The van der Waals surface area contributed by atoms with Crippen LogP contribution in [0.5, 0.6) is 0 Å². The Balaban J connectivity index is 3.08. The maximum atomic E-state index is 12.4. The summed E-state index contributed by atoms with van der Waals surface area (Å²) in [4.78, 5) is 89.0. The van der Waals surface area contributed by atoms with Gasteiger partial charge in [0.25, 0.3) is 0 Å². The van der Waals surface area contributed by atoms with E-state index < -0.39 is 64.2 Å². The minimum atomic E-state index is -5.42. The van der Waals surface area contributed by atoms with Crippen molar-refractivity contribution in [1.82, 2.24) is 24.9 Å². The van der Waals surface area contributed by atoms with E-state index in [1.807, 2.05) is 0 Å². The molecular weight excluding hydrogens is 544 g/mol. The zero-order valence-corrected chi connectivity index (χ0v) is 21.6. The van der Waals surface area contributed by atoms with E-state index in [0.717, 1.165) is 0 Å². The molecule has 1 saturated heterocycles. The van der Waals surface area contributed by atoms with Crippen molar-refractivity contribution >= 4 is 39.0 Å². The summed E-state index contributed by atoms with van der Waals surface area (Å²) in [7, 11) is -10.8. The predicted octanol–water partition coefficient (Wildman–Crippen LogP) is -3.78. The van der Waals surface area contributed by atoms with Crippen LogP contribution in [0.3, 0.4) is 0 Å². The van der Waals surface area contributed by atoms with E-state index in [9.17, 15) is 58.1 Å². The molecule has 0 radical (unpaired) electrons. The summed E-state index contributed by atoms with van der Waals surface area (Å²) in [6.45, 7) is -0.935. The van der Waals surface area contributed by atoms with Crippen LogP contribution in [0.2, 0.25) is 0 Å². The molecule has 8 N–H and O–H groups in total. The SMILES string of the molecule is O=C(O)CN1CCN(CC(=O)O)CCN(CC(=O)NC(P(=O)(O)O)P(=O)(O)O)CCN(CC(=O)O)CC1. The Kier molecular flexibility index (Phi) is 13.2. The molecule has 0 aromatic rings. The fourth-order valence-corrected chi connectivity index (χ4v) is 5.73. The van der Waals surface area contributed by atoms with Crippen molar-refractivity contribution in [2.75, 3.05) is 78.5 Å². The summed E-state index contributed by atoms with van der Waals surface area (Å²) >= 11 is 0. The van der Waals surface area contributed by atoms with Crippen molar-refractivity contribution in [1.29, 1.82) is 0 Å². The van der Waals surface area contributed by atoms with Crippen molar-refractivity contribution < 1.29 is 63.2 Å². The molecule has 0 unspecified atom stereocenters. The van der Waals surface area contributed by atoms with Gasteiger partial charge in [0.15, 0.2) is 0 Å². The number of carbonyl (C=O) groups is 4. The van der Waals surface area contributed by atoms with Crippen molar-refractivity contribution in [2.24, 2.45) is 0 Å². The van der Waals surface area contributed by atoms with Gasteiger partial charge in [0.05, 0.1) is 26.2 Å². The van der Waals surface area contributed by atoms with E-state index in [1.54, 1.807) is 10.2 Å². The van der Waals surface area contributed by atoms with Crippen LogP contribution in [0.15, 0.2) is 0 Å². The third kappa shape index (κ3) is 13.9. The Hall–Kier alpha value is -1.98. The van der Waals surface area contributed by atoms with Gasteiger partial charge in [-0.25, -0.2) is 0 Å². The lowest BCUT2D eigenvalue weighted by Gasteiger charge is -2.33. The molecule has 0 aromatic carbocycles. The van der Waals surface area contributed by atoms with Gasteiger partial charge in [0, 0.05) is 52.4 Å². The highest BCUT2D eigenvalue weighted by molar-refractivity contribution is 7.70. The van der Waals surface area contributed by atoms with E-state index in [2.05, 4.69) is 0 Å². The lowest BCUT2D eigenvalue weighted by molar-refractivity contribution is -0.140. The second kappa shape index (κ2) is 14.8. The zero-order valence-electron chi connectivity index (χ0n) is 19.8. The lowest BCUT2D eigenvalue weighted by Crippen LogP contribution is -2.50. The first-order valence-corrected chi connectivity index (χ1v) is 14.3. The van der Waals surface area contributed by atoms with Crippen LogP contribution in [0.1, 0.15) is 0 Å². The second-order valence-corrected chi connectivity index (χ2v) is 12.2. The number of amides is 1. The molecule has 37 heavy (non-hydrogen) atoms. The van der Waals surface area contributed by atoms with E-state index in [0.29, 0.717) is 0 Å². The quantitative estimate of drug-likeness (QED) is 0.109. The number of carboxylic acid groups (broad SMARTS) is 3. The summed E-state index contributed by atoms with van der Waals surface area (Å²) in [6.07, 6.45) is 0. The van der Waals surface area contributed by atoms with Gasteiger partial charge in [-0.3, -0.25) is 47.9 Å². The van der Waals surface area contributed by atoms with Crippen molar-refractivity contribution in [2.45, 2.75) is 5.52 Å². The number of hydrogen-bond acceptors (Lipinski definition) is 10. The predicted molar refractivity (Wildman–Crippen MR) is 125 cm³/mol. The number of aliphatic carboxylic acids is 3. The number of rotatable bonds is 11. The molecule has 0 spiro atoms. The molecule has 18 nitrogen and oxygen atoms in total. The molecule has 0 atom stereocenters. The Morgan fingerprint density at radius 2 is 0.811 bits per heavy atom. The van der Waals surface area contributed by atoms with Gasteiger partial charge in [0.2, 0.25) is 11.4 Å². The van der Waals surface area contributed by atoms with Gasteiger partial charge in [-0.15, -0.1) is 0 Å². The first kappa shape index (κ1) is 33.0. The van der Waals surface area contributed by atoms with E-state index >= 15 is 0 Å². The Bertz CT molecular complexity index is 856. The average Bonchev–Trinajstić information content (AvgIpc) is 2.71. The summed E-state index contributed by atoms with van der Waals surface area (Å²) in [6, 6.07) is 0. The van der Waals surface area contributed by atoms with Gasteiger partial charge in [-0.05, 0) is 0 Å². The standard InChI is InChI=1S/C17H33N5O13P2/c23-13(18-17(36(30,31)32)37(33,34)35)9-19-1-3-20(10-14(24)25)5-7-22(12-16(28)29)8-6-21(4-2-19)11-15(26)27/h17H,1-12H2,(H,18,23)(H,24,25)(H,26,27)(H,28,29)(H2,30,31,32)(H2,33,34,35). The van der Waals surface area contributed by atoms with E-state index in [4.69, 9.17) is 5.11 Å². The fraction of sp³-hybridized carbons (Fsp3) is 0.765. The Morgan fingerprint density at radius 3 is 1.03 bits per heavy atom. The highest BCUT2D eigenvalue weighted by atomic mass is 31.2. The molecule has 0 saturated carbocycles. The second-order valence-electron chi connectivity index (χ2n) is 8.41. The molecular formula is C17H33N5O13P2. The molecule has 1 aliphatic heterocycles. The van der Waals surface area contributed by atoms with E-state index in [1.165, 1.54) is 14.7 Å². The molecule has 0 aliphatic carbocycles. The van der Waals surface area contributed by atoms with Gasteiger partial charge in [-0.2, -0.15) is 0 Å². The zero-order chi connectivity index (χ0) is 28.4. The molecule has 1 amide bonds. The minimum Gasteiger partial charge on any atom is -0.480 e. The first-order chi connectivity index (χ1) is 17.0. The molecule has 1 rings (SSSR count). The first-order valence-electron chi connectivity index (χ1n) is 10.9. The fourth-order valence-electron chi connectivity index (χ4n) is 3.54. The summed E-state index contributed by atoms with van der Waals surface area (Å²) in [5, 5.41) is 29.2. The Morgan fingerprint density at radius 1 is 0.568 bits per heavy atom. The number of carbonyl (C=O) groups excluding carboxylic acids is 1. The van der Waals surface area contributed by atoms with Gasteiger partial charge >= 0.3 is 33.1 Å². The van der Waals surface area contributed by atoms with Crippen LogP contribution in [-0.2, 0) is 28.3 Å². The highest BCUT2D eigenvalue weighted by Gasteiger charge is 2.44. The van der Waals surface area contributed by atoms with Gasteiger partial charge in [-0.1, -0.05) is 0 Å². The van der Waals surface area contributed by atoms with Gasteiger partial charge < -0.3 is 40.2 Å². The van der Waals surface area contributed by atoms with Crippen LogP contribution >= 0.6 is 15.2 Å². The number of carboxylic acids is 3. The minimum absolute atomic E-state index is 0.0248. The highest BCUT2D eigenvalue weighted by Crippen LogP contribution is 2.58. The maximum Gasteiger partial charge on any atom is 0.360 e. The molecule has 214 valence electrons. The van der Waals surface area contributed by atoms with Crippen LogP contribution in [0.25, 0.3) is 0 Å². The monoisotopic (exact) mass is 577 g/mol. The third-order valence-corrected chi connectivity index (χ3v) is 8.64. The molecule has 1 fully saturated rings. The molecule has 0 bridgehead atoms. The number of hydrogen-bond donors (Lipinski definition) is 8. The lowest BCUT2D eigenvalue weighted by atomic mass is 10.3. The van der Waals surface area contributed by atoms with E-state index in [-0.39, 0.29) is 58.9 Å². The van der Waals surface area contributed by atoms with Crippen molar-refractivity contribution in [3.05, 3.63) is 0 Å². The van der Waals surface area contributed by atoms with Gasteiger partial charge in [0.1, 0.15) is 0 Å². The summed E-state index contributed by atoms with van der Waals surface area (Å²) < 4.78 is 22.9.